The van der Waals surface area contributed by atoms with Gasteiger partial charge in [0.25, 0.3) is 0 Å². The Morgan fingerprint density at radius 1 is 0.955 bits per heavy atom. The quantitative estimate of drug-likeness (QED) is 0.497. The maximum absolute atomic E-state index is 11.3. The third-order valence-corrected chi connectivity index (χ3v) is 3.93. The molecule has 5 nitrogen and oxygen atoms in total. The van der Waals surface area contributed by atoms with Crippen LogP contribution in [-0.4, -0.2) is 18.0 Å². The van der Waals surface area contributed by atoms with Gasteiger partial charge in [-0.1, -0.05) is 30.3 Å². The fourth-order valence-electron chi connectivity index (χ4n) is 2.08. The van der Waals surface area contributed by atoms with Crippen LogP contribution in [0.5, 0.6) is 0 Å². The summed E-state index contributed by atoms with van der Waals surface area (Å²) in [4.78, 5) is 3.81. The third-order valence-electron chi connectivity index (χ3n) is 3.03. The van der Waals surface area contributed by atoms with Crippen LogP contribution in [0.1, 0.15) is 0 Å². The minimum absolute atomic E-state index is 0. The number of hydrogen-bond acceptors (Lipinski definition) is 5. The molecule has 0 spiro atoms. The third kappa shape index (κ3) is 3.48. The van der Waals surface area contributed by atoms with Crippen molar-refractivity contribution in [1.29, 1.82) is 0 Å². The summed E-state index contributed by atoms with van der Waals surface area (Å²) in [5.74, 6) is 0.478. The number of benzene rings is 2. The fourth-order valence-corrected chi connectivity index (χ4v) is 2.78. The van der Waals surface area contributed by atoms with Crippen LogP contribution in [0.3, 0.4) is 0 Å². The molecule has 0 unspecified atom stereocenters. The van der Waals surface area contributed by atoms with Gasteiger partial charge in [-0.05, 0) is 29.3 Å². The van der Waals surface area contributed by atoms with Crippen molar-refractivity contribution in [2.24, 2.45) is 0 Å². The Balaban J connectivity index is 0.00000176. The van der Waals surface area contributed by atoms with Gasteiger partial charge in [-0.3, -0.25) is 0 Å². The van der Waals surface area contributed by atoms with Crippen molar-refractivity contribution >= 4 is 10.1 Å². The first-order valence-corrected chi connectivity index (χ1v) is 7.52. The standard InChI is InChI=1S/C15H11NO4S.Na/c17-21(18,19)14-4-2-1-3-13(14)11-5-7-12(8-6-11)15-16-9-10-20-15;/h1-10H,(H,17,18,19);/q;+1/p-1. The van der Waals surface area contributed by atoms with E-state index >= 15 is 0 Å². The van der Waals surface area contributed by atoms with Crippen molar-refractivity contribution in [1.82, 2.24) is 4.98 Å². The molecule has 0 aliphatic heterocycles. The molecule has 0 aliphatic rings. The molecule has 1 heterocycles. The summed E-state index contributed by atoms with van der Waals surface area (Å²) in [6.45, 7) is 0. The van der Waals surface area contributed by atoms with E-state index < -0.39 is 10.1 Å². The average Bonchev–Trinajstić information content (AvgIpc) is 3.01. The molecule has 3 aromatic rings. The van der Waals surface area contributed by atoms with Crippen LogP contribution in [0, 0.1) is 0 Å². The van der Waals surface area contributed by atoms with Crippen LogP contribution in [0.2, 0.25) is 0 Å². The van der Waals surface area contributed by atoms with Gasteiger partial charge in [-0.15, -0.1) is 0 Å². The fraction of sp³-hybridized carbons (Fsp3) is 0. The van der Waals surface area contributed by atoms with Gasteiger partial charge in [0.1, 0.15) is 16.4 Å². The van der Waals surface area contributed by atoms with Crippen molar-refractivity contribution in [2.75, 3.05) is 0 Å². The zero-order chi connectivity index (χ0) is 14.9. The molecule has 2 aromatic carbocycles. The summed E-state index contributed by atoms with van der Waals surface area (Å²) in [6.07, 6.45) is 3.02. The average molecular weight is 323 g/mol. The molecule has 22 heavy (non-hydrogen) atoms. The monoisotopic (exact) mass is 323 g/mol. The molecule has 3 rings (SSSR count). The minimum atomic E-state index is -4.52. The second-order valence-corrected chi connectivity index (χ2v) is 5.71. The van der Waals surface area contributed by atoms with E-state index in [0.29, 0.717) is 17.0 Å². The smallest absolute Gasteiger partial charge is 0.744 e. The van der Waals surface area contributed by atoms with E-state index in [0.717, 1.165) is 5.56 Å². The number of nitrogens with zero attached hydrogens (tertiary/aromatic N) is 1. The van der Waals surface area contributed by atoms with E-state index in [1.165, 1.54) is 18.4 Å². The van der Waals surface area contributed by atoms with Crippen molar-refractivity contribution in [3.63, 3.8) is 0 Å². The SMILES string of the molecule is O=S(=O)([O-])c1ccccc1-c1ccc(-c2ncco2)cc1.[Na+]. The summed E-state index contributed by atoms with van der Waals surface area (Å²) >= 11 is 0. The Labute approximate surface area is 150 Å². The molecule has 0 atom stereocenters. The van der Waals surface area contributed by atoms with E-state index in [1.807, 2.05) is 0 Å². The predicted octanol–water partition coefficient (Wildman–Crippen LogP) is -0.0833. The van der Waals surface area contributed by atoms with Crippen LogP contribution in [0.25, 0.3) is 22.6 Å². The van der Waals surface area contributed by atoms with Crippen molar-refractivity contribution in [2.45, 2.75) is 4.90 Å². The summed E-state index contributed by atoms with van der Waals surface area (Å²) in [7, 11) is -4.52. The molecular formula is C15H10NNaO4S. The van der Waals surface area contributed by atoms with Crippen LogP contribution < -0.4 is 29.6 Å². The molecule has 0 aliphatic carbocycles. The number of oxazole rings is 1. The maximum Gasteiger partial charge on any atom is 1.00 e. The number of rotatable bonds is 3. The summed E-state index contributed by atoms with van der Waals surface area (Å²) in [5, 5.41) is 0. The Kier molecular flexibility index (Phi) is 5.20. The molecule has 106 valence electrons. The zero-order valence-corrected chi connectivity index (χ0v) is 14.6. The van der Waals surface area contributed by atoms with E-state index in [-0.39, 0.29) is 34.5 Å². The normalized spacial score (nSPS) is 11.0. The molecule has 0 fully saturated rings. The van der Waals surface area contributed by atoms with Gasteiger partial charge in [0.05, 0.1) is 11.1 Å². The molecule has 0 saturated carbocycles. The van der Waals surface area contributed by atoms with Gasteiger partial charge in [-0.25, -0.2) is 13.4 Å². The van der Waals surface area contributed by atoms with Crippen LogP contribution >= 0.6 is 0 Å². The van der Waals surface area contributed by atoms with Gasteiger partial charge in [0.2, 0.25) is 5.89 Å². The van der Waals surface area contributed by atoms with Crippen LogP contribution in [-0.2, 0) is 10.1 Å². The van der Waals surface area contributed by atoms with Gasteiger partial charge >= 0.3 is 29.6 Å². The van der Waals surface area contributed by atoms with Crippen molar-refractivity contribution in [3.8, 4) is 22.6 Å². The molecule has 0 bridgehead atoms. The Hall–Kier alpha value is -1.44. The van der Waals surface area contributed by atoms with Crippen LogP contribution in [0.4, 0.5) is 0 Å². The molecule has 0 radical (unpaired) electrons. The number of hydrogen-bond donors (Lipinski definition) is 0. The first-order valence-electron chi connectivity index (χ1n) is 6.11. The van der Waals surface area contributed by atoms with E-state index in [9.17, 15) is 13.0 Å². The first kappa shape index (κ1) is 16.9. The van der Waals surface area contributed by atoms with Crippen LogP contribution in [0.15, 0.2) is 70.3 Å². The Morgan fingerprint density at radius 2 is 1.59 bits per heavy atom. The molecular weight excluding hydrogens is 313 g/mol. The van der Waals surface area contributed by atoms with Crippen molar-refractivity contribution < 1.29 is 46.9 Å². The second-order valence-electron chi connectivity index (χ2n) is 4.36. The Bertz CT molecular complexity index is 859. The van der Waals surface area contributed by atoms with E-state index in [2.05, 4.69) is 4.98 Å². The number of aromatic nitrogens is 1. The van der Waals surface area contributed by atoms with Crippen molar-refractivity contribution in [3.05, 3.63) is 61.0 Å². The summed E-state index contributed by atoms with van der Waals surface area (Å²) in [5.41, 5.74) is 1.79. The van der Waals surface area contributed by atoms with Gasteiger partial charge in [0.15, 0.2) is 0 Å². The summed E-state index contributed by atoms with van der Waals surface area (Å²) < 4.78 is 39.1. The zero-order valence-electron chi connectivity index (χ0n) is 11.8. The molecule has 0 N–H and O–H groups in total. The second kappa shape index (κ2) is 6.76. The van der Waals surface area contributed by atoms with E-state index in [4.69, 9.17) is 4.42 Å². The molecule has 1 aromatic heterocycles. The van der Waals surface area contributed by atoms with Gasteiger partial charge < -0.3 is 8.97 Å². The summed E-state index contributed by atoms with van der Waals surface area (Å²) in [6, 6.07) is 13.1. The predicted molar refractivity (Wildman–Crippen MR) is 75.3 cm³/mol. The van der Waals surface area contributed by atoms with Gasteiger partial charge in [-0.2, -0.15) is 0 Å². The maximum atomic E-state index is 11.3. The van der Waals surface area contributed by atoms with Gasteiger partial charge in [0, 0.05) is 5.56 Å². The minimum Gasteiger partial charge on any atom is -0.744 e. The largest absolute Gasteiger partial charge is 1.00 e. The topological polar surface area (TPSA) is 83.2 Å². The van der Waals surface area contributed by atoms with E-state index in [1.54, 1.807) is 42.6 Å². The molecule has 0 amide bonds. The molecule has 0 saturated heterocycles. The molecule has 7 heteroatoms. The first-order chi connectivity index (χ1) is 10.1. The Morgan fingerprint density at radius 3 is 2.18 bits per heavy atom.